The molecule has 19 heavy (non-hydrogen) atoms. The summed E-state index contributed by atoms with van der Waals surface area (Å²) in [6.45, 7) is 3.20. The van der Waals surface area contributed by atoms with Gasteiger partial charge in [-0.05, 0) is 31.0 Å². The molecule has 1 aromatic carbocycles. The van der Waals surface area contributed by atoms with E-state index < -0.39 is 0 Å². The molecule has 5 nitrogen and oxygen atoms in total. The lowest BCUT2D eigenvalue weighted by Crippen LogP contribution is -2.23. The van der Waals surface area contributed by atoms with E-state index in [1.165, 1.54) is 6.08 Å². The highest BCUT2D eigenvalue weighted by molar-refractivity contribution is 5.92. The van der Waals surface area contributed by atoms with Crippen LogP contribution in [-0.4, -0.2) is 25.9 Å². The molecule has 0 unspecified atom stereocenters. The Morgan fingerprint density at radius 2 is 2.21 bits per heavy atom. The topological polar surface area (TPSA) is 56.8 Å². The highest BCUT2D eigenvalue weighted by Crippen LogP contribution is 2.37. The molecule has 2 aliphatic rings. The normalized spacial score (nSPS) is 17.8. The van der Waals surface area contributed by atoms with E-state index in [0.29, 0.717) is 6.61 Å². The van der Waals surface area contributed by atoms with Gasteiger partial charge in [0.25, 0.3) is 0 Å². The summed E-state index contributed by atoms with van der Waals surface area (Å²) in [5, 5.41) is 3.22. The Morgan fingerprint density at radius 3 is 3.00 bits per heavy atom. The van der Waals surface area contributed by atoms with Crippen molar-refractivity contribution in [1.82, 2.24) is 5.32 Å². The predicted octanol–water partition coefficient (Wildman–Crippen LogP) is 1.46. The quantitative estimate of drug-likeness (QED) is 0.645. The summed E-state index contributed by atoms with van der Waals surface area (Å²) in [5.74, 6) is 1.16. The van der Waals surface area contributed by atoms with Crippen LogP contribution in [0.1, 0.15) is 18.1 Å². The molecule has 0 aliphatic carbocycles. The van der Waals surface area contributed by atoms with E-state index in [4.69, 9.17) is 14.2 Å². The lowest BCUT2D eigenvalue weighted by molar-refractivity contribution is -0.137. The van der Waals surface area contributed by atoms with Gasteiger partial charge in [0.05, 0.1) is 6.61 Å². The summed E-state index contributed by atoms with van der Waals surface area (Å²) in [6, 6.07) is 3.90. The molecule has 0 saturated heterocycles. The van der Waals surface area contributed by atoms with Gasteiger partial charge in [0.2, 0.25) is 6.79 Å². The molecule has 1 aromatic rings. The number of nitrogens with one attached hydrogen (secondary N) is 1. The first-order valence-corrected chi connectivity index (χ1v) is 6.33. The van der Waals surface area contributed by atoms with Crippen molar-refractivity contribution in [3.63, 3.8) is 0 Å². The van der Waals surface area contributed by atoms with Gasteiger partial charge in [0, 0.05) is 23.9 Å². The zero-order valence-electron chi connectivity index (χ0n) is 10.7. The van der Waals surface area contributed by atoms with Crippen molar-refractivity contribution < 1.29 is 19.0 Å². The number of carbonyl (C=O) groups is 1. The minimum Gasteiger partial charge on any atom is -0.463 e. The fourth-order valence-electron chi connectivity index (χ4n) is 2.30. The van der Waals surface area contributed by atoms with Crippen molar-refractivity contribution in [2.45, 2.75) is 13.3 Å². The zero-order valence-corrected chi connectivity index (χ0v) is 10.7. The van der Waals surface area contributed by atoms with Crippen LogP contribution in [0.3, 0.4) is 0 Å². The number of esters is 1. The number of hydrogen-bond acceptors (Lipinski definition) is 5. The van der Waals surface area contributed by atoms with E-state index >= 15 is 0 Å². The Bertz CT molecular complexity index is 551. The number of benzene rings is 1. The highest BCUT2D eigenvalue weighted by atomic mass is 16.7. The van der Waals surface area contributed by atoms with Crippen LogP contribution in [0, 0.1) is 0 Å². The third-order valence-electron chi connectivity index (χ3n) is 3.15. The molecule has 2 heterocycles. The summed E-state index contributed by atoms with van der Waals surface area (Å²) < 4.78 is 15.7. The van der Waals surface area contributed by atoms with Crippen LogP contribution in [0.5, 0.6) is 11.5 Å². The van der Waals surface area contributed by atoms with Crippen LogP contribution in [0.15, 0.2) is 18.2 Å². The highest BCUT2D eigenvalue weighted by Gasteiger charge is 2.22. The summed E-state index contributed by atoms with van der Waals surface area (Å²) in [7, 11) is 0. The molecular formula is C14H15NO4. The van der Waals surface area contributed by atoms with Gasteiger partial charge in [-0.2, -0.15) is 0 Å². The molecule has 0 fully saturated rings. The predicted molar refractivity (Wildman–Crippen MR) is 68.9 cm³/mol. The second-order valence-corrected chi connectivity index (χ2v) is 4.35. The van der Waals surface area contributed by atoms with Gasteiger partial charge >= 0.3 is 5.97 Å². The number of carbonyl (C=O) groups excluding carboxylic acids is 1. The van der Waals surface area contributed by atoms with Crippen molar-refractivity contribution in [2.24, 2.45) is 0 Å². The van der Waals surface area contributed by atoms with Crippen LogP contribution in [0.2, 0.25) is 0 Å². The molecule has 0 bridgehead atoms. The van der Waals surface area contributed by atoms with Crippen LogP contribution in [0.25, 0.3) is 5.70 Å². The molecular weight excluding hydrogens is 246 g/mol. The largest absolute Gasteiger partial charge is 0.463 e. The van der Waals surface area contributed by atoms with E-state index in [2.05, 4.69) is 5.32 Å². The van der Waals surface area contributed by atoms with Crippen molar-refractivity contribution in [2.75, 3.05) is 19.9 Å². The Hall–Kier alpha value is -2.17. The van der Waals surface area contributed by atoms with Gasteiger partial charge in [-0.1, -0.05) is 0 Å². The fourth-order valence-corrected chi connectivity index (χ4v) is 2.30. The molecule has 0 amide bonds. The van der Waals surface area contributed by atoms with Gasteiger partial charge < -0.3 is 19.5 Å². The van der Waals surface area contributed by atoms with Gasteiger partial charge in [-0.25, -0.2) is 4.79 Å². The smallest absolute Gasteiger partial charge is 0.332 e. The summed E-state index contributed by atoms with van der Waals surface area (Å²) in [6.07, 6.45) is 2.38. The molecule has 0 atom stereocenters. The maximum atomic E-state index is 11.6. The maximum absolute atomic E-state index is 11.6. The van der Waals surface area contributed by atoms with Crippen molar-refractivity contribution in [1.29, 1.82) is 0 Å². The first kappa shape index (κ1) is 11.9. The SMILES string of the molecule is CCOC(=O)/C=C1\NCCc2cc3c(cc21)OCO3. The first-order valence-electron chi connectivity index (χ1n) is 6.33. The first-order chi connectivity index (χ1) is 9.28. The van der Waals surface area contributed by atoms with Crippen LogP contribution < -0.4 is 14.8 Å². The number of ether oxygens (including phenoxy) is 3. The van der Waals surface area contributed by atoms with Gasteiger partial charge in [-0.15, -0.1) is 0 Å². The lowest BCUT2D eigenvalue weighted by atomic mass is 9.97. The van der Waals surface area contributed by atoms with Crippen molar-refractivity contribution in [3.8, 4) is 11.5 Å². The minimum atomic E-state index is -0.337. The molecule has 0 aromatic heterocycles. The minimum absolute atomic E-state index is 0.253. The molecule has 5 heteroatoms. The van der Waals surface area contributed by atoms with Crippen LogP contribution in [-0.2, 0) is 16.0 Å². The molecule has 100 valence electrons. The second kappa shape index (κ2) is 4.84. The molecule has 0 saturated carbocycles. The molecule has 1 N–H and O–H groups in total. The van der Waals surface area contributed by atoms with Gasteiger partial charge in [0.15, 0.2) is 11.5 Å². The van der Waals surface area contributed by atoms with E-state index in [-0.39, 0.29) is 12.8 Å². The zero-order chi connectivity index (χ0) is 13.2. The summed E-state index contributed by atoms with van der Waals surface area (Å²) in [5.41, 5.74) is 2.90. The third-order valence-corrected chi connectivity index (χ3v) is 3.15. The van der Waals surface area contributed by atoms with E-state index in [1.54, 1.807) is 6.92 Å². The molecule has 3 rings (SSSR count). The van der Waals surface area contributed by atoms with E-state index in [9.17, 15) is 4.79 Å². The van der Waals surface area contributed by atoms with Crippen LogP contribution in [0.4, 0.5) is 0 Å². The van der Waals surface area contributed by atoms with Gasteiger partial charge in [-0.3, -0.25) is 0 Å². The Labute approximate surface area is 111 Å². The average Bonchev–Trinajstić information content (AvgIpc) is 2.84. The number of fused-ring (bicyclic) bond motifs is 2. The summed E-state index contributed by atoms with van der Waals surface area (Å²) in [4.78, 5) is 11.6. The van der Waals surface area contributed by atoms with Crippen LogP contribution >= 0.6 is 0 Å². The summed E-state index contributed by atoms with van der Waals surface area (Å²) >= 11 is 0. The van der Waals surface area contributed by atoms with Crippen molar-refractivity contribution >= 4 is 11.7 Å². The van der Waals surface area contributed by atoms with Crippen molar-refractivity contribution in [3.05, 3.63) is 29.3 Å². The fraction of sp³-hybridized carbons (Fsp3) is 0.357. The standard InChI is InChI=1S/C14H15NO4/c1-2-17-14(16)7-11-10-6-13-12(18-8-19-13)5-9(10)3-4-15-11/h5-7,15H,2-4,8H2,1H3/b11-7-. The third kappa shape index (κ3) is 2.23. The molecule has 0 radical (unpaired) electrons. The monoisotopic (exact) mass is 261 g/mol. The molecule has 0 spiro atoms. The molecule has 2 aliphatic heterocycles. The lowest BCUT2D eigenvalue weighted by Gasteiger charge is -2.21. The Morgan fingerprint density at radius 1 is 1.42 bits per heavy atom. The van der Waals surface area contributed by atoms with E-state index in [1.807, 2.05) is 12.1 Å². The number of hydrogen-bond donors (Lipinski definition) is 1. The Balaban J connectivity index is 1.97. The average molecular weight is 261 g/mol. The maximum Gasteiger partial charge on any atom is 0.332 e. The second-order valence-electron chi connectivity index (χ2n) is 4.35. The number of rotatable bonds is 2. The van der Waals surface area contributed by atoms with Gasteiger partial charge in [0.1, 0.15) is 0 Å². The Kier molecular flexibility index (Phi) is 3.03. The van der Waals surface area contributed by atoms with E-state index in [0.717, 1.165) is 41.3 Å².